The van der Waals surface area contributed by atoms with Crippen LogP contribution in [0.5, 0.6) is 5.88 Å². The molecule has 0 saturated carbocycles. The number of fused-ring (bicyclic) bond motifs is 1. The van der Waals surface area contributed by atoms with Crippen molar-refractivity contribution in [2.75, 3.05) is 33.3 Å². The molecule has 0 bridgehead atoms. The van der Waals surface area contributed by atoms with Gasteiger partial charge in [-0.3, -0.25) is 4.98 Å². The number of pyridine rings is 2. The van der Waals surface area contributed by atoms with E-state index in [1.165, 1.54) is 0 Å². The molecule has 2 aromatic heterocycles. The van der Waals surface area contributed by atoms with E-state index in [0.717, 1.165) is 31.5 Å². The molecule has 1 spiro atoms. The number of hydrogen-bond acceptors (Lipinski definition) is 6. The summed E-state index contributed by atoms with van der Waals surface area (Å²) in [5, 5.41) is 0. The van der Waals surface area contributed by atoms with Crippen molar-refractivity contribution in [3.63, 3.8) is 0 Å². The van der Waals surface area contributed by atoms with E-state index in [1.54, 1.807) is 35.0 Å². The molecular weight excluding hydrogens is 364 g/mol. The fourth-order valence-corrected chi connectivity index (χ4v) is 5.40. The van der Waals surface area contributed by atoms with Crippen LogP contribution in [0.2, 0.25) is 0 Å². The van der Waals surface area contributed by atoms with Crippen LogP contribution < -0.4 is 4.74 Å². The van der Waals surface area contributed by atoms with Gasteiger partial charge in [0.25, 0.3) is 0 Å². The third-order valence-electron chi connectivity index (χ3n) is 5.51. The molecule has 1 saturated heterocycles. The maximum atomic E-state index is 13.4. The Morgan fingerprint density at radius 1 is 1.19 bits per heavy atom. The van der Waals surface area contributed by atoms with Gasteiger partial charge in [-0.1, -0.05) is 6.07 Å². The minimum Gasteiger partial charge on any atom is -0.476 e. The van der Waals surface area contributed by atoms with Crippen LogP contribution in [0.25, 0.3) is 0 Å². The molecule has 0 aliphatic carbocycles. The third kappa shape index (κ3) is 3.69. The molecule has 0 atom stereocenters. The SMILES string of the molecule is CN1CCC2(CC1)COc1ncccc1S(=O)(=O)N(Cc1cccnc1)C2. The molecular formula is C19H24N4O3S. The van der Waals surface area contributed by atoms with E-state index in [2.05, 4.69) is 21.9 Å². The van der Waals surface area contributed by atoms with Gasteiger partial charge in [0.05, 0.1) is 6.61 Å². The Morgan fingerprint density at radius 3 is 2.70 bits per heavy atom. The summed E-state index contributed by atoms with van der Waals surface area (Å²) in [4.78, 5) is 10.7. The molecule has 4 heterocycles. The molecule has 4 rings (SSSR count). The van der Waals surface area contributed by atoms with Crippen LogP contribution in [0.1, 0.15) is 18.4 Å². The van der Waals surface area contributed by atoms with Gasteiger partial charge in [-0.15, -0.1) is 0 Å². The van der Waals surface area contributed by atoms with E-state index in [-0.39, 0.29) is 16.2 Å². The highest BCUT2D eigenvalue weighted by atomic mass is 32.2. The summed E-state index contributed by atoms with van der Waals surface area (Å²) in [5.74, 6) is 0.201. The Kier molecular flexibility index (Phi) is 4.88. The lowest BCUT2D eigenvalue weighted by molar-refractivity contribution is 0.0400. The first-order valence-corrected chi connectivity index (χ1v) is 10.6. The normalized spacial score (nSPS) is 22.4. The van der Waals surface area contributed by atoms with Crippen molar-refractivity contribution in [3.05, 3.63) is 48.4 Å². The van der Waals surface area contributed by atoms with Crippen LogP contribution >= 0.6 is 0 Å². The minimum absolute atomic E-state index is 0.136. The fraction of sp³-hybridized carbons (Fsp3) is 0.474. The summed E-state index contributed by atoms with van der Waals surface area (Å²) in [6.07, 6.45) is 6.77. The highest BCUT2D eigenvalue weighted by molar-refractivity contribution is 7.89. The number of aromatic nitrogens is 2. The van der Waals surface area contributed by atoms with Crippen LogP contribution in [0, 0.1) is 5.41 Å². The number of sulfonamides is 1. The van der Waals surface area contributed by atoms with Gasteiger partial charge in [0, 0.05) is 37.1 Å². The standard InChI is InChI=1S/C19H24N4O3S/c1-22-10-6-19(7-11-22)14-23(13-16-4-2-8-20-12-16)27(24,25)17-5-3-9-21-18(17)26-15-19/h2-5,8-9,12H,6-7,10-11,13-15H2,1H3. The zero-order chi connectivity index (χ0) is 18.9. The van der Waals surface area contributed by atoms with Gasteiger partial charge in [0.15, 0.2) is 0 Å². The Bertz CT molecular complexity index is 896. The highest BCUT2D eigenvalue weighted by Crippen LogP contribution is 2.38. The summed E-state index contributed by atoms with van der Waals surface area (Å²) < 4.78 is 34.4. The van der Waals surface area contributed by atoms with E-state index < -0.39 is 10.0 Å². The Hall–Kier alpha value is -2.03. The van der Waals surface area contributed by atoms with Crippen LogP contribution in [-0.4, -0.2) is 60.9 Å². The van der Waals surface area contributed by atoms with Crippen molar-refractivity contribution in [2.45, 2.75) is 24.3 Å². The van der Waals surface area contributed by atoms with Gasteiger partial charge in [0.1, 0.15) is 4.90 Å². The smallest absolute Gasteiger partial charge is 0.248 e. The number of rotatable bonds is 2. The molecule has 1 fully saturated rings. The van der Waals surface area contributed by atoms with Gasteiger partial charge < -0.3 is 9.64 Å². The average Bonchev–Trinajstić information content (AvgIpc) is 2.68. The molecule has 2 aliphatic heterocycles. The topological polar surface area (TPSA) is 75.6 Å². The highest BCUT2D eigenvalue weighted by Gasteiger charge is 2.42. The molecule has 2 aliphatic rings. The Balaban J connectivity index is 1.75. The van der Waals surface area contributed by atoms with Crippen molar-refractivity contribution >= 4 is 10.0 Å². The quantitative estimate of drug-likeness (QED) is 0.781. The molecule has 8 heteroatoms. The van der Waals surface area contributed by atoms with Crippen molar-refractivity contribution in [1.29, 1.82) is 0 Å². The first-order chi connectivity index (χ1) is 13.0. The largest absolute Gasteiger partial charge is 0.476 e. The third-order valence-corrected chi connectivity index (χ3v) is 7.31. The average molecular weight is 388 g/mol. The minimum atomic E-state index is -3.73. The molecule has 2 aromatic rings. The van der Waals surface area contributed by atoms with Gasteiger partial charge in [0.2, 0.25) is 15.9 Å². The molecule has 0 radical (unpaired) electrons. The lowest BCUT2D eigenvalue weighted by Crippen LogP contribution is -2.50. The van der Waals surface area contributed by atoms with E-state index in [0.29, 0.717) is 19.7 Å². The summed E-state index contributed by atoms with van der Waals surface area (Å²) >= 11 is 0. The molecule has 0 N–H and O–H groups in total. The van der Waals surface area contributed by atoms with E-state index in [4.69, 9.17) is 4.74 Å². The summed E-state index contributed by atoms with van der Waals surface area (Å²) in [6, 6.07) is 6.94. The van der Waals surface area contributed by atoms with E-state index >= 15 is 0 Å². The Labute approximate surface area is 160 Å². The predicted octanol–water partition coefficient (Wildman–Crippen LogP) is 1.77. The molecule has 0 aromatic carbocycles. The fourth-order valence-electron chi connectivity index (χ4n) is 3.78. The zero-order valence-electron chi connectivity index (χ0n) is 15.4. The molecule has 7 nitrogen and oxygen atoms in total. The molecule has 0 amide bonds. The second kappa shape index (κ2) is 7.18. The Morgan fingerprint density at radius 2 is 1.96 bits per heavy atom. The number of likely N-dealkylation sites (tertiary alicyclic amines) is 1. The van der Waals surface area contributed by atoms with Gasteiger partial charge >= 0.3 is 0 Å². The zero-order valence-corrected chi connectivity index (χ0v) is 16.2. The van der Waals surface area contributed by atoms with E-state index in [9.17, 15) is 8.42 Å². The first kappa shape index (κ1) is 18.3. The van der Waals surface area contributed by atoms with E-state index in [1.807, 2.05) is 12.1 Å². The second-order valence-corrected chi connectivity index (χ2v) is 9.44. The maximum absolute atomic E-state index is 13.4. The first-order valence-electron chi connectivity index (χ1n) is 9.14. The molecule has 0 unspecified atom stereocenters. The summed E-state index contributed by atoms with van der Waals surface area (Å²) in [6.45, 7) is 3.07. The van der Waals surface area contributed by atoms with Gasteiger partial charge in [-0.2, -0.15) is 4.31 Å². The lowest BCUT2D eigenvalue weighted by Gasteiger charge is -2.44. The maximum Gasteiger partial charge on any atom is 0.248 e. The van der Waals surface area contributed by atoms with Crippen molar-refractivity contribution < 1.29 is 13.2 Å². The van der Waals surface area contributed by atoms with Crippen molar-refractivity contribution in [1.82, 2.24) is 19.2 Å². The summed E-state index contributed by atoms with van der Waals surface area (Å²) in [7, 11) is -1.63. The van der Waals surface area contributed by atoms with Crippen LogP contribution in [0.4, 0.5) is 0 Å². The predicted molar refractivity (Wildman–Crippen MR) is 101 cm³/mol. The number of nitrogens with zero attached hydrogens (tertiary/aromatic N) is 4. The lowest BCUT2D eigenvalue weighted by atomic mass is 9.79. The van der Waals surface area contributed by atoms with Crippen LogP contribution in [0.3, 0.4) is 0 Å². The van der Waals surface area contributed by atoms with Crippen LogP contribution in [-0.2, 0) is 16.6 Å². The molecule has 144 valence electrons. The number of ether oxygens (including phenoxy) is 1. The number of hydrogen-bond donors (Lipinski definition) is 0. The number of piperidine rings is 1. The van der Waals surface area contributed by atoms with Crippen LogP contribution in [0.15, 0.2) is 47.8 Å². The van der Waals surface area contributed by atoms with Crippen molar-refractivity contribution in [2.24, 2.45) is 5.41 Å². The monoisotopic (exact) mass is 388 g/mol. The van der Waals surface area contributed by atoms with Crippen molar-refractivity contribution in [3.8, 4) is 5.88 Å². The summed E-state index contributed by atoms with van der Waals surface area (Å²) in [5.41, 5.74) is 0.660. The van der Waals surface area contributed by atoms with Gasteiger partial charge in [-0.25, -0.2) is 13.4 Å². The molecule has 27 heavy (non-hydrogen) atoms. The van der Waals surface area contributed by atoms with Gasteiger partial charge in [-0.05, 0) is 56.7 Å². The second-order valence-electron chi connectivity index (χ2n) is 7.53.